The first kappa shape index (κ1) is 26.2. The molecule has 5 rings (SSSR count). The number of carbonyl (C=O) groups is 1. The van der Waals surface area contributed by atoms with Crippen LogP contribution in [-0.4, -0.2) is 51.8 Å². The Morgan fingerprint density at radius 3 is 2.56 bits per heavy atom. The van der Waals surface area contributed by atoms with Gasteiger partial charge in [-0.05, 0) is 46.5 Å². The number of fused-ring (bicyclic) bond motifs is 1. The molecular weight excluding hydrogens is 542 g/mol. The lowest BCUT2D eigenvalue weighted by atomic mass is 9.94. The number of methoxy groups -OCH3 is 1. The van der Waals surface area contributed by atoms with Crippen LogP contribution in [0.1, 0.15) is 17.5 Å². The number of primary sulfonamides is 1. The van der Waals surface area contributed by atoms with Gasteiger partial charge in [-0.25, -0.2) is 18.5 Å². The zero-order valence-corrected chi connectivity index (χ0v) is 22.2. The summed E-state index contributed by atoms with van der Waals surface area (Å²) in [5.41, 5.74) is 8.78. The Morgan fingerprint density at radius 1 is 1.10 bits per heavy atom. The van der Waals surface area contributed by atoms with Gasteiger partial charge in [0.05, 0.1) is 34.3 Å². The molecule has 5 N–H and O–H groups in total. The molecule has 0 aliphatic carbocycles. The lowest BCUT2D eigenvalue weighted by Crippen LogP contribution is -2.17. The number of sulfonamides is 1. The number of nitrogen functional groups attached to an aromatic ring is 1. The van der Waals surface area contributed by atoms with Crippen LogP contribution in [0.15, 0.2) is 59.5 Å². The first-order valence-corrected chi connectivity index (χ1v) is 14.0. The summed E-state index contributed by atoms with van der Waals surface area (Å²) in [6, 6.07) is 16.0. The number of aryl methyl sites for hydroxylation is 1. The Labute approximate surface area is 226 Å². The van der Waals surface area contributed by atoms with Crippen LogP contribution in [-0.2, 0) is 27.8 Å². The number of carboxylic acid groups (broad SMARTS) is 1. The third-order valence-corrected chi connectivity index (χ3v) is 7.90. The molecule has 3 aromatic carbocycles. The molecule has 0 spiro atoms. The van der Waals surface area contributed by atoms with E-state index in [1.54, 1.807) is 37.4 Å². The highest BCUT2D eigenvalue weighted by Crippen LogP contribution is 2.41. The van der Waals surface area contributed by atoms with Crippen LogP contribution in [0.3, 0.4) is 0 Å². The Bertz CT molecular complexity index is 1800. The lowest BCUT2D eigenvalue weighted by molar-refractivity contribution is -0.136. The van der Waals surface area contributed by atoms with Gasteiger partial charge in [0.25, 0.3) is 0 Å². The molecule has 0 radical (unpaired) electrons. The quantitative estimate of drug-likeness (QED) is 0.240. The molecule has 0 saturated carbocycles. The summed E-state index contributed by atoms with van der Waals surface area (Å²) in [5, 5.41) is 28.1. The van der Waals surface area contributed by atoms with Gasteiger partial charge in [0.1, 0.15) is 5.75 Å². The number of aliphatic carboxylic acids is 1. The van der Waals surface area contributed by atoms with Crippen LogP contribution in [0.2, 0.25) is 0 Å². The molecule has 0 amide bonds. The van der Waals surface area contributed by atoms with Crippen LogP contribution < -0.4 is 15.6 Å². The van der Waals surface area contributed by atoms with Crippen molar-refractivity contribution in [2.75, 3.05) is 12.8 Å². The summed E-state index contributed by atoms with van der Waals surface area (Å²) < 4.78 is 32.0. The summed E-state index contributed by atoms with van der Waals surface area (Å²) in [6.07, 6.45) is -0.362. The average Bonchev–Trinajstić information content (AvgIpc) is 3.52. The van der Waals surface area contributed by atoms with Crippen LogP contribution in [0, 0.1) is 0 Å². The molecule has 0 aliphatic rings. The van der Waals surface area contributed by atoms with Crippen LogP contribution in [0.5, 0.6) is 5.75 Å². The molecule has 0 aliphatic heterocycles. The second-order valence-corrected chi connectivity index (χ2v) is 11.2. The summed E-state index contributed by atoms with van der Waals surface area (Å²) in [7, 11) is -2.79. The number of benzene rings is 3. The number of aromatic nitrogens is 5. The third-order valence-electron chi connectivity index (χ3n) is 6.02. The molecule has 0 atom stereocenters. The van der Waals surface area contributed by atoms with E-state index in [2.05, 4.69) is 20.4 Å². The second-order valence-electron chi connectivity index (χ2n) is 8.61. The van der Waals surface area contributed by atoms with E-state index in [-0.39, 0.29) is 41.2 Å². The van der Waals surface area contributed by atoms with Crippen LogP contribution >= 0.6 is 11.3 Å². The maximum Gasteiger partial charge on any atom is 0.303 e. The largest absolute Gasteiger partial charge is 0.497 e. The van der Waals surface area contributed by atoms with Crippen molar-refractivity contribution in [2.24, 2.45) is 5.14 Å². The fourth-order valence-corrected chi connectivity index (χ4v) is 6.11. The predicted octanol–water partition coefficient (Wildman–Crippen LogP) is 2.92. The highest BCUT2D eigenvalue weighted by Gasteiger charge is 2.28. The van der Waals surface area contributed by atoms with Crippen molar-refractivity contribution in [3.63, 3.8) is 0 Å². The fourth-order valence-electron chi connectivity index (χ4n) is 4.32. The molecule has 0 fully saturated rings. The van der Waals surface area contributed by atoms with Gasteiger partial charge in [-0.1, -0.05) is 47.7 Å². The number of para-hydroxylation sites is 1. The van der Waals surface area contributed by atoms with Gasteiger partial charge in [-0.3, -0.25) is 4.79 Å². The summed E-state index contributed by atoms with van der Waals surface area (Å²) in [5.74, 6) is -0.365. The lowest BCUT2D eigenvalue weighted by Gasteiger charge is -2.16. The number of carboxylic acids is 1. The number of thiazole rings is 1. The van der Waals surface area contributed by atoms with E-state index in [0.717, 1.165) is 10.3 Å². The topological polar surface area (TPSA) is 189 Å². The molecule has 0 bridgehead atoms. The minimum absolute atomic E-state index is 0.0138. The normalized spacial score (nSPS) is 11.6. The SMILES string of the molecule is COc1ccc(Cn2nnc(-c3c(-c4cccc5sc(N)nc45)ccc(CCC(=O)O)c3S(N)(=O)=O)n2)cc1. The summed E-state index contributed by atoms with van der Waals surface area (Å²) in [4.78, 5) is 16.8. The van der Waals surface area contributed by atoms with E-state index >= 15 is 0 Å². The summed E-state index contributed by atoms with van der Waals surface area (Å²) >= 11 is 1.30. The van der Waals surface area contributed by atoms with Gasteiger partial charge < -0.3 is 15.6 Å². The van der Waals surface area contributed by atoms with E-state index in [1.165, 1.54) is 16.1 Å². The molecule has 200 valence electrons. The summed E-state index contributed by atoms with van der Waals surface area (Å²) in [6.45, 7) is 0.258. The minimum atomic E-state index is -4.36. The third kappa shape index (κ3) is 5.43. The van der Waals surface area contributed by atoms with E-state index < -0.39 is 16.0 Å². The maximum absolute atomic E-state index is 13.0. The van der Waals surface area contributed by atoms with Crippen molar-refractivity contribution in [1.29, 1.82) is 0 Å². The van der Waals surface area contributed by atoms with Crippen molar-refractivity contribution in [2.45, 2.75) is 24.3 Å². The van der Waals surface area contributed by atoms with Gasteiger partial charge in [-0.15, -0.1) is 10.2 Å². The zero-order valence-electron chi connectivity index (χ0n) is 20.6. The first-order chi connectivity index (χ1) is 18.6. The Kier molecular flexibility index (Phi) is 6.99. The van der Waals surface area contributed by atoms with E-state index in [0.29, 0.717) is 27.5 Å². The first-order valence-electron chi connectivity index (χ1n) is 11.6. The standard InChI is InChI=1S/C25H23N7O5S2/c1-37-16-9-5-14(6-10-16)13-32-30-24(29-31-32)21-17(18-3-2-4-19-22(18)28-25(26)38-19)11-7-15(8-12-20(33)34)23(21)39(27,35)36/h2-7,9-11H,8,12-13H2,1H3,(H2,26,28)(H,33,34)(H2,27,35,36). The molecular formula is C25H23N7O5S2. The molecule has 5 aromatic rings. The molecule has 2 aromatic heterocycles. The van der Waals surface area contributed by atoms with Crippen LogP contribution in [0.25, 0.3) is 32.7 Å². The van der Waals surface area contributed by atoms with Gasteiger partial charge >= 0.3 is 5.97 Å². The Hall–Kier alpha value is -4.40. The second kappa shape index (κ2) is 10.4. The van der Waals surface area contributed by atoms with Crippen molar-refractivity contribution < 1.29 is 23.1 Å². The average molecular weight is 566 g/mol. The molecule has 12 nitrogen and oxygen atoms in total. The molecule has 2 heterocycles. The van der Waals surface area contributed by atoms with Crippen LogP contribution in [0.4, 0.5) is 5.13 Å². The van der Waals surface area contributed by atoms with Crippen molar-refractivity contribution >= 4 is 42.7 Å². The Morgan fingerprint density at radius 2 is 1.87 bits per heavy atom. The highest BCUT2D eigenvalue weighted by molar-refractivity contribution is 7.89. The monoisotopic (exact) mass is 565 g/mol. The van der Waals surface area contributed by atoms with E-state index in [1.807, 2.05) is 24.3 Å². The van der Waals surface area contributed by atoms with E-state index in [9.17, 15) is 18.3 Å². The maximum atomic E-state index is 13.0. The van der Waals surface area contributed by atoms with Crippen molar-refractivity contribution in [1.82, 2.24) is 25.2 Å². The fraction of sp³-hybridized carbons (Fsp3) is 0.160. The number of hydrogen-bond acceptors (Lipinski definition) is 10. The number of rotatable bonds is 9. The number of ether oxygens (including phenoxy) is 1. The highest BCUT2D eigenvalue weighted by atomic mass is 32.2. The Balaban J connectivity index is 1.71. The smallest absolute Gasteiger partial charge is 0.303 e. The number of hydrogen-bond donors (Lipinski definition) is 3. The zero-order chi connectivity index (χ0) is 27.7. The van der Waals surface area contributed by atoms with E-state index in [4.69, 9.17) is 15.6 Å². The van der Waals surface area contributed by atoms with Gasteiger partial charge in [-0.2, -0.15) is 4.80 Å². The van der Waals surface area contributed by atoms with Crippen molar-refractivity contribution in [3.05, 3.63) is 65.7 Å². The van der Waals surface area contributed by atoms with Gasteiger partial charge in [0.15, 0.2) is 5.13 Å². The number of tetrazole rings is 1. The number of anilines is 1. The molecule has 0 saturated heterocycles. The van der Waals surface area contributed by atoms with Crippen molar-refractivity contribution in [3.8, 4) is 28.3 Å². The number of nitrogens with two attached hydrogens (primary N) is 2. The number of nitrogens with zero attached hydrogens (tertiary/aromatic N) is 5. The minimum Gasteiger partial charge on any atom is -0.497 e. The predicted molar refractivity (Wildman–Crippen MR) is 146 cm³/mol. The van der Waals surface area contributed by atoms with Gasteiger partial charge in [0, 0.05) is 12.0 Å². The molecule has 39 heavy (non-hydrogen) atoms. The molecule has 0 unspecified atom stereocenters. The van der Waals surface area contributed by atoms with Gasteiger partial charge in [0.2, 0.25) is 15.8 Å². The molecule has 14 heteroatoms.